The van der Waals surface area contributed by atoms with Gasteiger partial charge in [0.2, 0.25) is 10.0 Å². The van der Waals surface area contributed by atoms with Crippen molar-refractivity contribution >= 4 is 21.4 Å². The standard InChI is InChI=1S/C13H24N2O3S2/c1-3-4-7-18-8-5-6-15-20(16,17)13-9-12(10-14)19-11(13)2/h9,15H,3-8,10,14H2,1-2H3. The molecule has 0 bridgehead atoms. The maximum atomic E-state index is 12.1. The van der Waals surface area contributed by atoms with E-state index in [1.165, 1.54) is 11.3 Å². The van der Waals surface area contributed by atoms with Crippen LogP contribution in [0.3, 0.4) is 0 Å². The second-order valence-corrected chi connectivity index (χ2v) is 7.63. The molecule has 0 unspecified atom stereocenters. The van der Waals surface area contributed by atoms with Crippen LogP contribution in [0.5, 0.6) is 0 Å². The van der Waals surface area contributed by atoms with Crippen molar-refractivity contribution in [3.63, 3.8) is 0 Å². The minimum absolute atomic E-state index is 0.342. The van der Waals surface area contributed by atoms with E-state index < -0.39 is 10.0 Å². The Morgan fingerprint density at radius 3 is 2.65 bits per heavy atom. The number of sulfonamides is 1. The summed E-state index contributed by atoms with van der Waals surface area (Å²) in [6.45, 7) is 5.99. The molecule has 0 spiro atoms. The number of aryl methyl sites for hydroxylation is 1. The lowest BCUT2D eigenvalue weighted by Crippen LogP contribution is -2.25. The van der Waals surface area contributed by atoms with Crippen LogP contribution in [-0.4, -0.2) is 28.2 Å². The Hall–Kier alpha value is -0.470. The lowest BCUT2D eigenvalue weighted by molar-refractivity contribution is 0.130. The van der Waals surface area contributed by atoms with Gasteiger partial charge in [-0.05, 0) is 25.8 Å². The van der Waals surface area contributed by atoms with E-state index in [1.807, 2.05) is 0 Å². The number of nitrogens with one attached hydrogen (secondary N) is 1. The van der Waals surface area contributed by atoms with Crippen molar-refractivity contribution in [2.24, 2.45) is 5.73 Å². The molecule has 116 valence electrons. The maximum absolute atomic E-state index is 12.1. The summed E-state index contributed by atoms with van der Waals surface area (Å²) >= 11 is 1.43. The van der Waals surface area contributed by atoms with Crippen LogP contribution in [0, 0.1) is 6.92 Å². The fourth-order valence-electron chi connectivity index (χ4n) is 1.70. The number of hydrogen-bond donors (Lipinski definition) is 2. The summed E-state index contributed by atoms with van der Waals surface area (Å²) in [5.41, 5.74) is 5.53. The second-order valence-electron chi connectivity index (χ2n) is 4.55. The Bertz CT molecular complexity index is 498. The molecule has 5 nitrogen and oxygen atoms in total. The van der Waals surface area contributed by atoms with Gasteiger partial charge in [0.25, 0.3) is 0 Å². The fourth-order valence-corrected chi connectivity index (χ4v) is 4.28. The third kappa shape index (κ3) is 5.49. The van der Waals surface area contributed by atoms with Gasteiger partial charge in [0.15, 0.2) is 0 Å². The summed E-state index contributed by atoms with van der Waals surface area (Å²) in [7, 11) is -3.43. The number of rotatable bonds is 10. The average Bonchev–Trinajstić information content (AvgIpc) is 2.80. The summed E-state index contributed by atoms with van der Waals surface area (Å²) in [6, 6.07) is 1.65. The van der Waals surface area contributed by atoms with Crippen molar-refractivity contribution in [2.45, 2.75) is 44.6 Å². The summed E-state index contributed by atoms with van der Waals surface area (Å²) < 4.78 is 32.3. The molecule has 3 N–H and O–H groups in total. The van der Waals surface area contributed by atoms with Gasteiger partial charge >= 0.3 is 0 Å². The highest BCUT2D eigenvalue weighted by molar-refractivity contribution is 7.89. The minimum Gasteiger partial charge on any atom is -0.381 e. The van der Waals surface area contributed by atoms with Crippen molar-refractivity contribution in [1.82, 2.24) is 4.72 Å². The van der Waals surface area contributed by atoms with Crippen molar-refractivity contribution in [2.75, 3.05) is 19.8 Å². The van der Waals surface area contributed by atoms with E-state index >= 15 is 0 Å². The minimum atomic E-state index is -3.43. The van der Waals surface area contributed by atoms with Gasteiger partial charge in [-0.25, -0.2) is 13.1 Å². The number of nitrogens with two attached hydrogens (primary N) is 1. The van der Waals surface area contributed by atoms with Crippen molar-refractivity contribution in [3.8, 4) is 0 Å². The van der Waals surface area contributed by atoms with Crippen molar-refractivity contribution in [3.05, 3.63) is 15.8 Å². The smallest absolute Gasteiger partial charge is 0.241 e. The molecule has 0 saturated heterocycles. The topological polar surface area (TPSA) is 81.4 Å². The van der Waals surface area contributed by atoms with Gasteiger partial charge in [0, 0.05) is 36.1 Å². The first-order chi connectivity index (χ1) is 9.51. The zero-order chi connectivity index (χ0) is 15.0. The Morgan fingerprint density at radius 2 is 2.05 bits per heavy atom. The largest absolute Gasteiger partial charge is 0.381 e. The number of ether oxygens (including phenoxy) is 1. The van der Waals surface area contributed by atoms with E-state index in [2.05, 4.69) is 11.6 Å². The van der Waals surface area contributed by atoms with E-state index in [0.717, 1.165) is 29.2 Å². The van der Waals surface area contributed by atoms with Crippen LogP contribution in [0.1, 0.15) is 35.9 Å². The summed E-state index contributed by atoms with van der Waals surface area (Å²) in [4.78, 5) is 2.00. The molecule has 0 saturated carbocycles. The molecule has 0 aliphatic heterocycles. The third-order valence-corrected chi connectivity index (χ3v) is 5.60. The molecule has 0 radical (unpaired) electrons. The molecule has 0 aliphatic carbocycles. The molecule has 0 aliphatic rings. The van der Waals surface area contributed by atoms with Gasteiger partial charge in [-0.3, -0.25) is 0 Å². The van der Waals surface area contributed by atoms with Crippen LogP contribution >= 0.6 is 11.3 Å². The summed E-state index contributed by atoms with van der Waals surface area (Å²) in [5.74, 6) is 0. The summed E-state index contributed by atoms with van der Waals surface area (Å²) in [5, 5.41) is 0. The zero-order valence-corrected chi connectivity index (χ0v) is 13.8. The van der Waals surface area contributed by atoms with Gasteiger partial charge < -0.3 is 10.5 Å². The van der Waals surface area contributed by atoms with Crippen LogP contribution in [0.2, 0.25) is 0 Å². The molecule has 0 fully saturated rings. The van der Waals surface area contributed by atoms with Gasteiger partial charge in [-0.1, -0.05) is 13.3 Å². The quantitative estimate of drug-likeness (QED) is 0.646. The molecular formula is C13H24N2O3S2. The van der Waals surface area contributed by atoms with Crippen molar-refractivity contribution in [1.29, 1.82) is 0 Å². The fraction of sp³-hybridized carbons (Fsp3) is 0.692. The first kappa shape index (κ1) is 17.6. The van der Waals surface area contributed by atoms with E-state index in [4.69, 9.17) is 10.5 Å². The van der Waals surface area contributed by atoms with Crippen LogP contribution in [0.25, 0.3) is 0 Å². The van der Waals surface area contributed by atoms with Gasteiger partial charge in [0.05, 0.1) is 4.90 Å². The SMILES string of the molecule is CCCCOCCCNS(=O)(=O)c1cc(CN)sc1C. The Balaban J connectivity index is 2.40. The predicted octanol–water partition coefficient (Wildman–Crippen LogP) is 2.00. The molecule has 0 atom stereocenters. The van der Waals surface area contributed by atoms with Crippen LogP contribution in [-0.2, 0) is 21.3 Å². The van der Waals surface area contributed by atoms with E-state index in [-0.39, 0.29) is 0 Å². The molecule has 1 aromatic heterocycles. The van der Waals surface area contributed by atoms with Gasteiger partial charge in [-0.2, -0.15) is 0 Å². The van der Waals surface area contributed by atoms with Crippen molar-refractivity contribution < 1.29 is 13.2 Å². The van der Waals surface area contributed by atoms with E-state index in [1.54, 1.807) is 13.0 Å². The Labute approximate surface area is 125 Å². The highest BCUT2D eigenvalue weighted by atomic mass is 32.2. The molecule has 1 aromatic rings. The van der Waals surface area contributed by atoms with Crippen LogP contribution in [0.4, 0.5) is 0 Å². The maximum Gasteiger partial charge on any atom is 0.241 e. The monoisotopic (exact) mass is 320 g/mol. The van der Waals surface area contributed by atoms with Crippen LogP contribution < -0.4 is 10.5 Å². The zero-order valence-electron chi connectivity index (χ0n) is 12.1. The average molecular weight is 320 g/mol. The summed E-state index contributed by atoms with van der Waals surface area (Å²) in [6.07, 6.45) is 2.82. The van der Waals surface area contributed by atoms with Crippen LogP contribution in [0.15, 0.2) is 11.0 Å². The highest BCUT2D eigenvalue weighted by Crippen LogP contribution is 2.25. The normalized spacial score (nSPS) is 11.9. The first-order valence-electron chi connectivity index (χ1n) is 6.88. The van der Waals surface area contributed by atoms with Gasteiger partial charge in [-0.15, -0.1) is 11.3 Å². The molecular weight excluding hydrogens is 296 g/mol. The molecule has 0 amide bonds. The Kier molecular flexibility index (Phi) is 7.68. The first-order valence-corrected chi connectivity index (χ1v) is 9.18. The number of unbranched alkanes of at least 4 members (excludes halogenated alkanes) is 1. The predicted molar refractivity (Wildman–Crippen MR) is 82.5 cm³/mol. The van der Waals surface area contributed by atoms with Gasteiger partial charge in [0.1, 0.15) is 0 Å². The third-order valence-electron chi connectivity index (χ3n) is 2.81. The molecule has 0 aromatic carbocycles. The lowest BCUT2D eigenvalue weighted by Gasteiger charge is -2.06. The number of hydrogen-bond acceptors (Lipinski definition) is 5. The second kappa shape index (κ2) is 8.74. The van der Waals surface area contributed by atoms with E-state index in [9.17, 15) is 8.42 Å². The number of thiophene rings is 1. The van der Waals surface area contributed by atoms with E-state index in [0.29, 0.717) is 31.0 Å². The lowest BCUT2D eigenvalue weighted by atomic mass is 10.4. The molecule has 1 heterocycles. The Morgan fingerprint density at radius 1 is 1.35 bits per heavy atom. The molecule has 7 heteroatoms. The molecule has 20 heavy (non-hydrogen) atoms. The molecule has 1 rings (SSSR count). The highest BCUT2D eigenvalue weighted by Gasteiger charge is 2.18.